The summed E-state index contributed by atoms with van der Waals surface area (Å²) in [7, 11) is 3.25. The maximum Gasteiger partial charge on any atom is 0.323 e. The maximum atomic E-state index is 12.1. The molecule has 6 nitrogen and oxygen atoms in total. The second-order valence-corrected chi connectivity index (χ2v) is 6.07. The molecular formula is C14H24N4O2S. The number of carbonyl (C=O) groups is 2. The van der Waals surface area contributed by atoms with Crippen molar-refractivity contribution in [3.05, 3.63) is 11.1 Å². The van der Waals surface area contributed by atoms with Crippen molar-refractivity contribution in [1.29, 1.82) is 0 Å². The van der Waals surface area contributed by atoms with Crippen LogP contribution in [-0.4, -0.2) is 42.5 Å². The van der Waals surface area contributed by atoms with Crippen molar-refractivity contribution in [1.82, 2.24) is 15.2 Å². The number of hydrogen-bond acceptors (Lipinski definition) is 4. The van der Waals surface area contributed by atoms with Crippen molar-refractivity contribution in [2.75, 3.05) is 26.0 Å². The van der Waals surface area contributed by atoms with Gasteiger partial charge in [0.2, 0.25) is 5.91 Å². The minimum Gasteiger partial charge on any atom is -0.359 e. The highest BCUT2D eigenvalue weighted by atomic mass is 32.1. The number of nitrogens with one attached hydrogen (secondary N) is 2. The highest BCUT2D eigenvalue weighted by molar-refractivity contribution is 7.13. The third-order valence-corrected chi connectivity index (χ3v) is 4.22. The molecule has 0 radical (unpaired) electrons. The Balaban J connectivity index is 2.56. The first kappa shape index (κ1) is 17.4. The van der Waals surface area contributed by atoms with Crippen LogP contribution in [-0.2, 0) is 4.79 Å². The van der Waals surface area contributed by atoms with E-state index in [4.69, 9.17) is 0 Å². The first-order chi connectivity index (χ1) is 9.88. The molecule has 21 heavy (non-hydrogen) atoms. The lowest BCUT2D eigenvalue weighted by Crippen LogP contribution is -2.39. The van der Waals surface area contributed by atoms with Crippen molar-refractivity contribution < 1.29 is 9.59 Å². The summed E-state index contributed by atoms with van der Waals surface area (Å²) < 4.78 is 0. The van der Waals surface area contributed by atoms with Gasteiger partial charge in [-0.05, 0) is 12.3 Å². The number of nitrogens with zero attached hydrogens (tertiary/aromatic N) is 2. The van der Waals surface area contributed by atoms with E-state index in [1.807, 2.05) is 5.38 Å². The van der Waals surface area contributed by atoms with Crippen LogP contribution >= 0.6 is 11.3 Å². The molecular weight excluding hydrogens is 288 g/mol. The van der Waals surface area contributed by atoms with Crippen LogP contribution < -0.4 is 10.6 Å². The summed E-state index contributed by atoms with van der Waals surface area (Å²) in [5, 5.41) is 7.90. The largest absolute Gasteiger partial charge is 0.359 e. The molecule has 1 heterocycles. The second-order valence-electron chi connectivity index (χ2n) is 5.21. The molecule has 7 heteroatoms. The lowest BCUT2D eigenvalue weighted by Gasteiger charge is -2.20. The summed E-state index contributed by atoms with van der Waals surface area (Å²) in [5.74, 6) is 0.0542. The highest BCUT2D eigenvalue weighted by Crippen LogP contribution is 2.24. The Morgan fingerprint density at radius 1 is 1.43 bits per heavy atom. The van der Waals surface area contributed by atoms with E-state index in [9.17, 15) is 9.59 Å². The molecule has 3 amide bonds. The molecule has 1 aromatic heterocycles. The zero-order chi connectivity index (χ0) is 16.0. The van der Waals surface area contributed by atoms with Crippen LogP contribution in [0.1, 0.15) is 38.8 Å². The van der Waals surface area contributed by atoms with Crippen LogP contribution in [0.15, 0.2) is 5.38 Å². The molecule has 0 aromatic carbocycles. The van der Waals surface area contributed by atoms with Gasteiger partial charge in [-0.2, -0.15) is 0 Å². The van der Waals surface area contributed by atoms with Crippen molar-refractivity contribution >= 4 is 28.4 Å². The number of rotatable bonds is 6. The van der Waals surface area contributed by atoms with Crippen LogP contribution in [0.4, 0.5) is 9.93 Å². The van der Waals surface area contributed by atoms with E-state index in [-0.39, 0.29) is 17.9 Å². The summed E-state index contributed by atoms with van der Waals surface area (Å²) in [5.41, 5.74) is 0.999. The molecule has 0 saturated carbocycles. The predicted octanol–water partition coefficient (Wildman–Crippen LogP) is 2.50. The minimum absolute atomic E-state index is 0.0806. The predicted molar refractivity (Wildman–Crippen MR) is 85.7 cm³/mol. The van der Waals surface area contributed by atoms with Gasteiger partial charge in [-0.3, -0.25) is 10.1 Å². The zero-order valence-electron chi connectivity index (χ0n) is 13.3. The van der Waals surface area contributed by atoms with Gasteiger partial charge in [0.05, 0.1) is 11.6 Å². The quantitative estimate of drug-likeness (QED) is 0.847. The minimum atomic E-state index is -0.254. The smallest absolute Gasteiger partial charge is 0.323 e. The molecule has 0 fully saturated rings. The molecule has 0 spiro atoms. The molecule has 1 rings (SSSR count). The van der Waals surface area contributed by atoms with Gasteiger partial charge in [-0.15, -0.1) is 11.3 Å². The van der Waals surface area contributed by atoms with E-state index in [1.54, 1.807) is 21.0 Å². The standard InChI is InChI=1S/C14H24N4O2S/c1-6-9(2)11-8-21-13(16-11)17-14(20)18(5)7-10(3)12(19)15-4/h8-10H,6-7H2,1-5H3,(H,15,19)(H,16,17,20). The lowest BCUT2D eigenvalue weighted by molar-refractivity contribution is -0.124. The number of aromatic nitrogens is 1. The Morgan fingerprint density at radius 2 is 2.10 bits per heavy atom. The number of urea groups is 1. The fourth-order valence-corrected chi connectivity index (χ4v) is 2.61. The van der Waals surface area contributed by atoms with Crippen LogP contribution in [0.3, 0.4) is 0 Å². The van der Waals surface area contributed by atoms with Gasteiger partial charge in [0.1, 0.15) is 0 Å². The lowest BCUT2D eigenvalue weighted by atomic mass is 10.1. The Bertz CT molecular complexity index is 489. The van der Waals surface area contributed by atoms with Gasteiger partial charge in [0.15, 0.2) is 5.13 Å². The monoisotopic (exact) mass is 312 g/mol. The number of thiazole rings is 1. The van der Waals surface area contributed by atoms with E-state index in [0.29, 0.717) is 17.6 Å². The van der Waals surface area contributed by atoms with E-state index in [2.05, 4.69) is 29.5 Å². The van der Waals surface area contributed by atoms with Gasteiger partial charge >= 0.3 is 6.03 Å². The normalized spacial score (nSPS) is 13.4. The molecule has 2 unspecified atom stereocenters. The summed E-state index contributed by atoms with van der Waals surface area (Å²) in [4.78, 5) is 29.4. The molecule has 118 valence electrons. The van der Waals surface area contributed by atoms with Gasteiger partial charge in [-0.1, -0.05) is 20.8 Å². The number of amides is 3. The SMILES string of the molecule is CCC(C)c1csc(NC(=O)N(C)CC(C)C(=O)NC)n1. The third kappa shape index (κ3) is 5.00. The summed E-state index contributed by atoms with van der Waals surface area (Å²) in [6.45, 7) is 6.36. The average Bonchev–Trinajstić information content (AvgIpc) is 2.93. The van der Waals surface area contributed by atoms with Crippen LogP contribution in [0.2, 0.25) is 0 Å². The van der Waals surface area contributed by atoms with Crippen LogP contribution in [0, 0.1) is 5.92 Å². The molecule has 0 bridgehead atoms. The number of anilines is 1. The second kappa shape index (κ2) is 7.97. The summed E-state index contributed by atoms with van der Waals surface area (Å²) in [6, 6.07) is -0.254. The van der Waals surface area contributed by atoms with Gasteiger partial charge in [-0.25, -0.2) is 9.78 Å². The number of hydrogen-bond donors (Lipinski definition) is 2. The van der Waals surface area contributed by atoms with E-state index < -0.39 is 0 Å². The van der Waals surface area contributed by atoms with Crippen molar-refractivity contribution in [3.8, 4) is 0 Å². The Kier molecular flexibility index (Phi) is 6.61. The first-order valence-corrected chi connectivity index (χ1v) is 7.96. The molecule has 2 N–H and O–H groups in total. The first-order valence-electron chi connectivity index (χ1n) is 7.08. The van der Waals surface area contributed by atoms with Crippen molar-refractivity contribution in [2.45, 2.75) is 33.1 Å². The van der Waals surface area contributed by atoms with Gasteiger partial charge in [0.25, 0.3) is 0 Å². The molecule has 0 saturated heterocycles. The Hall–Kier alpha value is -1.63. The summed E-state index contributed by atoms with van der Waals surface area (Å²) >= 11 is 1.42. The fourth-order valence-electron chi connectivity index (χ4n) is 1.79. The topological polar surface area (TPSA) is 74.3 Å². The highest BCUT2D eigenvalue weighted by Gasteiger charge is 2.18. The van der Waals surface area contributed by atoms with E-state index >= 15 is 0 Å². The van der Waals surface area contributed by atoms with Crippen LogP contribution in [0.25, 0.3) is 0 Å². The Labute approximate surface area is 129 Å². The molecule has 2 atom stereocenters. The van der Waals surface area contributed by atoms with Gasteiger partial charge in [0, 0.05) is 26.0 Å². The number of carbonyl (C=O) groups excluding carboxylic acids is 2. The van der Waals surface area contributed by atoms with Gasteiger partial charge < -0.3 is 10.2 Å². The van der Waals surface area contributed by atoms with Crippen molar-refractivity contribution in [2.24, 2.45) is 5.92 Å². The third-order valence-electron chi connectivity index (χ3n) is 3.44. The van der Waals surface area contributed by atoms with E-state index in [0.717, 1.165) is 12.1 Å². The molecule has 0 aliphatic carbocycles. The zero-order valence-corrected chi connectivity index (χ0v) is 14.1. The average molecular weight is 312 g/mol. The van der Waals surface area contributed by atoms with Crippen molar-refractivity contribution in [3.63, 3.8) is 0 Å². The summed E-state index contributed by atoms with van der Waals surface area (Å²) in [6.07, 6.45) is 1.01. The van der Waals surface area contributed by atoms with Crippen LogP contribution in [0.5, 0.6) is 0 Å². The fraction of sp³-hybridized carbons (Fsp3) is 0.643. The maximum absolute atomic E-state index is 12.1. The molecule has 0 aliphatic heterocycles. The van der Waals surface area contributed by atoms with E-state index in [1.165, 1.54) is 16.2 Å². The molecule has 0 aliphatic rings. The molecule has 1 aromatic rings. The Morgan fingerprint density at radius 3 is 2.67 bits per heavy atom.